The number of carbonyl (C=O) groups is 2. The predicted octanol–water partition coefficient (Wildman–Crippen LogP) is 6.23. The largest absolute Gasteiger partial charge is 0.497 e. The van der Waals surface area contributed by atoms with Gasteiger partial charge in [0.1, 0.15) is 35.0 Å². The summed E-state index contributed by atoms with van der Waals surface area (Å²) in [5, 5.41) is 3.97. The van der Waals surface area contributed by atoms with Crippen LogP contribution in [0.1, 0.15) is 44.4 Å². The van der Waals surface area contributed by atoms with Gasteiger partial charge in [0.2, 0.25) is 5.91 Å². The van der Waals surface area contributed by atoms with Crippen LogP contribution in [0.4, 0.5) is 4.79 Å². The first kappa shape index (κ1) is 29.7. The molecule has 0 aromatic heterocycles. The molecule has 8 nitrogen and oxygen atoms in total. The fourth-order valence-electron chi connectivity index (χ4n) is 5.68. The van der Waals surface area contributed by atoms with E-state index in [9.17, 15) is 9.59 Å². The highest BCUT2D eigenvalue weighted by Gasteiger charge is 2.60. The SMILES string of the molecule is COc1ccc(C2=N[C@@](C)(c3ccc(Cl)cc3)C(C)(c3ccc(Cl)cc3)N2C(=O)N2CCNC(=O)C2)c(OC(C)C)c1. The number of ether oxygens (including phenoxy) is 2. The van der Waals surface area contributed by atoms with Crippen molar-refractivity contribution in [1.82, 2.24) is 15.1 Å². The van der Waals surface area contributed by atoms with Crippen LogP contribution in [0, 0.1) is 0 Å². The lowest BCUT2D eigenvalue weighted by atomic mass is 9.71. The lowest BCUT2D eigenvalue weighted by Gasteiger charge is -2.47. The maximum atomic E-state index is 14.7. The van der Waals surface area contributed by atoms with Gasteiger partial charge in [0.25, 0.3) is 0 Å². The molecule has 1 unspecified atom stereocenters. The molecule has 2 aliphatic heterocycles. The van der Waals surface area contributed by atoms with Gasteiger partial charge in [-0.05, 0) is 75.2 Å². The van der Waals surface area contributed by atoms with Gasteiger partial charge in [-0.25, -0.2) is 4.79 Å². The van der Waals surface area contributed by atoms with Crippen LogP contribution in [0.3, 0.4) is 0 Å². The Morgan fingerprint density at radius 2 is 1.60 bits per heavy atom. The van der Waals surface area contributed by atoms with Crippen molar-refractivity contribution in [1.29, 1.82) is 0 Å². The Hall–Kier alpha value is -3.75. The van der Waals surface area contributed by atoms with Gasteiger partial charge in [-0.15, -0.1) is 0 Å². The van der Waals surface area contributed by atoms with Crippen molar-refractivity contribution in [3.05, 3.63) is 93.5 Å². The summed E-state index contributed by atoms with van der Waals surface area (Å²) in [5.41, 5.74) is 0.230. The summed E-state index contributed by atoms with van der Waals surface area (Å²) in [6, 6.07) is 20.1. The number of hydrogen-bond acceptors (Lipinski definition) is 5. The number of halogens is 2. The fourth-order valence-corrected chi connectivity index (χ4v) is 5.93. The summed E-state index contributed by atoms with van der Waals surface area (Å²) in [4.78, 5) is 35.8. The third-order valence-electron chi connectivity index (χ3n) is 8.04. The predicted molar refractivity (Wildman–Crippen MR) is 165 cm³/mol. The molecule has 5 rings (SSSR count). The van der Waals surface area contributed by atoms with Crippen LogP contribution in [0.2, 0.25) is 10.0 Å². The quantitative estimate of drug-likeness (QED) is 0.359. The van der Waals surface area contributed by atoms with Crippen molar-refractivity contribution >= 4 is 41.0 Å². The first-order chi connectivity index (χ1) is 20.0. The van der Waals surface area contributed by atoms with Crippen molar-refractivity contribution in [2.45, 2.75) is 44.9 Å². The highest BCUT2D eigenvalue weighted by atomic mass is 35.5. The van der Waals surface area contributed by atoms with Crippen LogP contribution < -0.4 is 14.8 Å². The van der Waals surface area contributed by atoms with E-state index in [2.05, 4.69) is 5.32 Å². The number of piperazine rings is 1. The van der Waals surface area contributed by atoms with Gasteiger partial charge >= 0.3 is 6.03 Å². The summed E-state index contributed by atoms with van der Waals surface area (Å²) in [5.74, 6) is 1.34. The molecule has 1 N–H and O–H groups in total. The molecule has 1 saturated heterocycles. The van der Waals surface area contributed by atoms with E-state index in [4.69, 9.17) is 37.7 Å². The minimum Gasteiger partial charge on any atom is -0.497 e. The van der Waals surface area contributed by atoms with E-state index >= 15 is 0 Å². The third kappa shape index (κ3) is 5.18. The minimum absolute atomic E-state index is 0.0606. The Morgan fingerprint density at radius 3 is 2.17 bits per heavy atom. The molecule has 220 valence electrons. The van der Waals surface area contributed by atoms with E-state index in [1.807, 2.05) is 76.2 Å². The van der Waals surface area contributed by atoms with Gasteiger partial charge in [-0.3, -0.25) is 14.7 Å². The average molecular weight is 610 g/mol. The highest BCUT2D eigenvalue weighted by Crippen LogP contribution is 2.54. The molecular weight excluding hydrogens is 575 g/mol. The van der Waals surface area contributed by atoms with E-state index in [-0.39, 0.29) is 24.6 Å². The van der Waals surface area contributed by atoms with Crippen molar-refractivity contribution in [3.63, 3.8) is 0 Å². The van der Waals surface area contributed by atoms with E-state index in [1.54, 1.807) is 35.1 Å². The lowest BCUT2D eigenvalue weighted by Crippen LogP contribution is -2.61. The first-order valence-electron chi connectivity index (χ1n) is 13.8. The van der Waals surface area contributed by atoms with Gasteiger partial charge in [0, 0.05) is 29.2 Å². The second-order valence-electron chi connectivity index (χ2n) is 11.0. The number of benzene rings is 3. The summed E-state index contributed by atoms with van der Waals surface area (Å²) in [7, 11) is 1.59. The van der Waals surface area contributed by atoms with Gasteiger partial charge in [0.15, 0.2) is 0 Å². The third-order valence-corrected chi connectivity index (χ3v) is 8.55. The molecule has 0 bridgehead atoms. The fraction of sp³-hybridized carbons (Fsp3) is 0.344. The number of nitrogens with one attached hydrogen (secondary N) is 1. The van der Waals surface area contributed by atoms with Crippen LogP contribution in [0.25, 0.3) is 0 Å². The molecule has 0 aliphatic carbocycles. The molecule has 3 aromatic carbocycles. The van der Waals surface area contributed by atoms with Crippen molar-refractivity contribution < 1.29 is 19.1 Å². The molecule has 0 spiro atoms. The van der Waals surface area contributed by atoms with E-state index in [1.165, 1.54) is 0 Å². The number of rotatable bonds is 6. The molecular formula is C32H34Cl2N4O4. The number of carbonyl (C=O) groups excluding carboxylic acids is 2. The molecule has 3 aromatic rings. The van der Waals surface area contributed by atoms with Gasteiger partial charge in [-0.2, -0.15) is 0 Å². The van der Waals surface area contributed by atoms with Crippen LogP contribution in [0.5, 0.6) is 11.5 Å². The molecule has 2 atom stereocenters. The zero-order chi connectivity index (χ0) is 30.2. The molecule has 0 saturated carbocycles. The molecule has 3 amide bonds. The van der Waals surface area contributed by atoms with E-state index < -0.39 is 11.1 Å². The number of hydrogen-bond donors (Lipinski definition) is 1. The van der Waals surface area contributed by atoms with Crippen LogP contribution >= 0.6 is 23.2 Å². The topological polar surface area (TPSA) is 83.5 Å². The second-order valence-corrected chi connectivity index (χ2v) is 11.9. The maximum absolute atomic E-state index is 14.7. The minimum atomic E-state index is -1.07. The van der Waals surface area contributed by atoms with Crippen molar-refractivity contribution in [2.24, 2.45) is 4.99 Å². The lowest BCUT2D eigenvalue weighted by molar-refractivity contribution is -0.123. The Morgan fingerprint density at radius 1 is 0.976 bits per heavy atom. The zero-order valence-corrected chi connectivity index (χ0v) is 25.8. The summed E-state index contributed by atoms with van der Waals surface area (Å²) in [6.07, 6.45) is -0.155. The molecule has 10 heteroatoms. The van der Waals surface area contributed by atoms with E-state index in [0.717, 1.165) is 11.1 Å². The second kappa shape index (κ2) is 11.5. The number of amides is 3. The maximum Gasteiger partial charge on any atom is 0.327 e. The Bertz CT molecular complexity index is 1530. The van der Waals surface area contributed by atoms with Crippen molar-refractivity contribution in [3.8, 4) is 11.5 Å². The number of urea groups is 1. The van der Waals surface area contributed by atoms with Crippen LogP contribution in [0.15, 0.2) is 71.7 Å². The Labute approximate surface area is 256 Å². The smallest absolute Gasteiger partial charge is 0.327 e. The standard InChI is InChI=1S/C32H34Cl2N4O4/c1-20(2)42-27-18-25(41-5)14-15-26(27)29-36-31(3,21-6-10-23(33)11-7-21)32(4,22-8-12-24(34)13-9-22)38(29)30(40)37-17-16-35-28(39)19-37/h6-15,18,20H,16-17,19H2,1-5H3,(H,35,39)/t31-,32?/m0/s1. The van der Waals surface area contributed by atoms with Crippen LogP contribution in [-0.2, 0) is 15.9 Å². The monoisotopic (exact) mass is 608 g/mol. The summed E-state index contributed by atoms with van der Waals surface area (Å²) >= 11 is 12.6. The number of methoxy groups -OCH3 is 1. The average Bonchev–Trinajstić information content (AvgIpc) is 3.21. The number of nitrogens with zero attached hydrogens (tertiary/aromatic N) is 3. The van der Waals surface area contributed by atoms with Gasteiger partial charge in [0.05, 0.1) is 18.8 Å². The van der Waals surface area contributed by atoms with Crippen LogP contribution in [-0.4, -0.2) is 60.4 Å². The summed E-state index contributed by atoms with van der Waals surface area (Å²) in [6.45, 7) is 8.54. The van der Waals surface area contributed by atoms with E-state index in [0.29, 0.717) is 46.0 Å². The Kier molecular flexibility index (Phi) is 8.14. The van der Waals surface area contributed by atoms with Gasteiger partial charge < -0.3 is 19.7 Å². The summed E-state index contributed by atoms with van der Waals surface area (Å²) < 4.78 is 11.8. The molecule has 1 fully saturated rings. The van der Waals surface area contributed by atoms with Gasteiger partial charge in [-0.1, -0.05) is 47.5 Å². The molecule has 2 aliphatic rings. The normalized spacial score (nSPS) is 22.2. The molecule has 0 radical (unpaired) electrons. The first-order valence-corrected chi connectivity index (χ1v) is 14.6. The molecule has 42 heavy (non-hydrogen) atoms. The number of aliphatic imine (C=N–C) groups is 1. The molecule has 2 heterocycles. The zero-order valence-electron chi connectivity index (χ0n) is 24.3. The number of amidine groups is 1. The highest BCUT2D eigenvalue weighted by molar-refractivity contribution is 6.30. The van der Waals surface area contributed by atoms with Crippen molar-refractivity contribution in [2.75, 3.05) is 26.7 Å². The Balaban J connectivity index is 1.81.